The number of benzene rings is 3. The molecule has 0 amide bonds. The molecule has 0 radical (unpaired) electrons. The van der Waals surface area contributed by atoms with Gasteiger partial charge < -0.3 is 14.2 Å². The maximum atomic E-state index is 12.5. The summed E-state index contributed by atoms with van der Waals surface area (Å²) in [5.41, 5.74) is 3.64. The molecule has 0 aromatic heterocycles. The monoisotopic (exact) mass is 607 g/mol. The van der Waals surface area contributed by atoms with Crippen LogP contribution in [0.2, 0.25) is 10.0 Å². The molecule has 34 heavy (non-hydrogen) atoms. The molecule has 0 bridgehead atoms. The summed E-state index contributed by atoms with van der Waals surface area (Å²) in [4.78, 5) is 16.8. The minimum Gasteiger partial charge on any atom is -0.490 e. The summed E-state index contributed by atoms with van der Waals surface area (Å²) < 4.78 is 18.1. The third-order valence-corrected chi connectivity index (χ3v) is 6.27. The molecule has 0 N–H and O–H groups in total. The van der Waals surface area contributed by atoms with Crippen LogP contribution in [0.1, 0.15) is 29.2 Å². The van der Waals surface area contributed by atoms with Gasteiger partial charge in [-0.1, -0.05) is 53.0 Å². The molecule has 0 atom stereocenters. The van der Waals surface area contributed by atoms with Crippen LogP contribution in [0.3, 0.4) is 0 Å². The molecule has 0 spiro atoms. The molecule has 0 saturated heterocycles. The molecule has 4 rings (SSSR count). The second kappa shape index (κ2) is 10.8. The van der Waals surface area contributed by atoms with Gasteiger partial charge in [-0.15, -0.1) is 0 Å². The fourth-order valence-electron chi connectivity index (χ4n) is 3.26. The zero-order chi connectivity index (χ0) is 24.2. The van der Waals surface area contributed by atoms with E-state index in [0.717, 1.165) is 14.7 Å². The summed E-state index contributed by atoms with van der Waals surface area (Å²) in [6.07, 6.45) is 1.65. The average molecular weight is 608 g/mol. The number of aryl methyl sites for hydroxylation is 1. The number of esters is 1. The Morgan fingerprint density at radius 2 is 1.82 bits per heavy atom. The van der Waals surface area contributed by atoms with Crippen molar-refractivity contribution in [2.75, 3.05) is 6.61 Å². The van der Waals surface area contributed by atoms with Crippen LogP contribution in [0.4, 0.5) is 0 Å². The third-order valence-electron chi connectivity index (χ3n) is 4.92. The normalized spacial score (nSPS) is 14.2. The highest BCUT2D eigenvalue weighted by molar-refractivity contribution is 14.1. The van der Waals surface area contributed by atoms with Crippen molar-refractivity contribution >= 4 is 63.7 Å². The molecular formula is C26H20Cl2INO4. The first-order valence-electron chi connectivity index (χ1n) is 10.5. The van der Waals surface area contributed by atoms with Gasteiger partial charge in [0.25, 0.3) is 0 Å². The van der Waals surface area contributed by atoms with Crippen LogP contribution < -0.4 is 9.47 Å². The molecular weight excluding hydrogens is 588 g/mol. The van der Waals surface area contributed by atoms with Crippen molar-refractivity contribution < 1.29 is 19.0 Å². The fourth-order valence-corrected chi connectivity index (χ4v) is 4.53. The van der Waals surface area contributed by atoms with Crippen molar-refractivity contribution in [2.45, 2.75) is 20.5 Å². The number of hydrogen-bond acceptors (Lipinski definition) is 5. The number of aliphatic imine (C=N–C) groups is 1. The summed E-state index contributed by atoms with van der Waals surface area (Å²) in [5, 5.41) is 0.834. The minimum atomic E-state index is -0.561. The summed E-state index contributed by atoms with van der Waals surface area (Å²) >= 11 is 14.4. The molecule has 0 unspecified atom stereocenters. The summed E-state index contributed by atoms with van der Waals surface area (Å²) in [6.45, 7) is 4.84. The van der Waals surface area contributed by atoms with Crippen LogP contribution in [-0.2, 0) is 16.1 Å². The maximum Gasteiger partial charge on any atom is 0.363 e. The van der Waals surface area contributed by atoms with E-state index in [2.05, 4.69) is 39.7 Å². The van der Waals surface area contributed by atoms with E-state index >= 15 is 0 Å². The van der Waals surface area contributed by atoms with Crippen LogP contribution in [0, 0.1) is 10.5 Å². The molecule has 174 valence electrons. The van der Waals surface area contributed by atoms with E-state index in [1.54, 1.807) is 24.3 Å². The second-order valence-corrected chi connectivity index (χ2v) is 9.50. The first-order valence-corrected chi connectivity index (χ1v) is 12.3. The molecule has 3 aromatic rings. The molecule has 3 aromatic carbocycles. The van der Waals surface area contributed by atoms with E-state index in [0.29, 0.717) is 40.3 Å². The zero-order valence-electron chi connectivity index (χ0n) is 18.4. The van der Waals surface area contributed by atoms with Gasteiger partial charge in [-0.3, -0.25) is 0 Å². The standard InChI is InChI=1S/C26H20Cl2INO4/c1-3-32-23-12-17(10-21(29)24(23)33-14-16-6-4-15(2)5-7-16)11-22-26(31)34-25(30-22)19-9-8-18(27)13-20(19)28/h4-13H,3,14H2,1-2H3/b22-11-. The number of rotatable bonds is 7. The molecule has 5 nitrogen and oxygen atoms in total. The second-order valence-electron chi connectivity index (χ2n) is 7.50. The van der Waals surface area contributed by atoms with Gasteiger partial charge in [0.05, 0.1) is 20.8 Å². The Bertz CT molecular complexity index is 1300. The number of cyclic esters (lactones) is 1. The Balaban J connectivity index is 1.61. The Morgan fingerprint density at radius 3 is 2.53 bits per heavy atom. The number of hydrogen-bond donors (Lipinski definition) is 0. The lowest BCUT2D eigenvalue weighted by molar-refractivity contribution is -0.129. The zero-order valence-corrected chi connectivity index (χ0v) is 22.1. The summed E-state index contributed by atoms with van der Waals surface area (Å²) in [7, 11) is 0. The first-order chi connectivity index (χ1) is 16.3. The largest absolute Gasteiger partial charge is 0.490 e. The number of halogens is 3. The highest BCUT2D eigenvalue weighted by Gasteiger charge is 2.26. The molecule has 1 aliphatic rings. The van der Waals surface area contributed by atoms with E-state index in [9.17, 15) is 4.79 Å². The minimum absolute atomic E-state index is 0.135. The van der Waals surface area contributed by atoms with E-state index in [1.807, 2.05) is 38.1 Å². The van der Waals surface area contributed by atoms with Gasteiger partial charge in [0.15, 0.2) is 17.2 Å². The predicted octanol–water partition coefficient (Wildman–Crippen LogP) is 7.23. The molecule has 1 heterocycles. The van der Waals surface area contributed by atoms with E-state index in [-0.39, 0.29) is 11.6 Å². The van der Waals surface area contributed by atoms with Crippen LogP contribution in [0.15, 0.2) is 65.3 Å². The number of carbonyl (C=O) groups excluding carboxylic acids is 1. The highest BCUT2D eigenvalue weighted by Crippen LogP contribution is 2.36. The van der Waals surface area contributed by atoms with Gasteiger partial charge in [0.1, 0.15) is 6.61 Å². The van der Waals surface area contributed by atoms with Crippen molar-refractivity contribution in [3.63, 3.8) is 0 Å². The Labute approximate surface area is 221 Å². The van der Waals surface area contributed by atoms with Gasteiger partial charge in [0, 0.05) is 5.02 Å². The number of carbonyl (C=O) groups is 1. The third kappa shape index (κ3) is 5.74. The van der Waals surface area contributed by atoms with Gasteiger partial charge in [-0.05, 0) is 84.0 Å². The van der Waals surface area contributed by atoms with Gasteiger partial charge in [0.2, 0.25) is 5.90 Å². The molecule has 8 heteroatoms. The van der Waals surface area contributed by atoms with Crippen LogP contribution in [0.25, 0.3) is 6.08 Å². The lowest BCUT2D eigenvalue weighted by Crippen LogP contribution is -2.06. The number of ether oxygens (including phenoxy) is 3. The van der Waals surface area contributed by atoms with Crippen molar-refractivity contribution in [1.29, 1.82) is 0 Å². The number of nitrogens with zero attached hydrogens (tertiary/aromatic N) is 1. The topological polar surface area (TPSA) is 57.1 Å². The summed E-state index contributed by atoms with van der Waals surface area (Å²) in [5.74, 6) is 0.811. The summed E-state index contributed by atoms with van der Waals surface area (Å²) in [6, 6.07) is 16.8. The van der Waals surface area contributed by atoms with Gasteiger partial charge >= 0.3 is 5.97 Å². The average Bonchev–Trinajstić information content (AvgIpc) is 3.14. The van der Waals surface area contributed by atoms with Crippen molar-refractivity contribution in [3.8, 4) is 11.5 Å². The quantitative estimate of drug-likeness (QED) is 0.162. The lowest BCUT2D eigenvalue weighted by atomic mass is 10.1. The predicted molar refractivity (Wildman–Crippen MR) is 143 cm³/mol. The fraction of sp³-hybridized carbons (Fsp3) is 0.154. The van der Waals surface area contributed by atoms with Gasteiger partial charge in [-0.2, -0.15) is 0 Å². The Morgan fingerprint density at radius 1 is 1.06 bits per heavy atom. The van der Waals surface area contributed by atoms with Gasteiger partial charge in [-0.25, -0.2) is 9.79 Å². The van der Waals surface area contributed by atoms with Crippen molar-refractivity contribution in [1.82, 2.24) is 0 Å². The molecule has 0 fully saturated rings. The highest BCUT2D eigenvalue weighted by atomic mass is 127. The maximum absolute atomic E-state index is 12.5. The molecule has 0 aliphatic carbocycles. The van der Waals surface area contributed by atoms with Crippen LogP contribution in [0.5, 0.6) is 11.5 Å². The van der Waals surface area contributed by atoms with E-state index in [1.165, 1.54) is 5.56 Å². The Kier molecular flexibility index (Phi) is 7.80. The first kappa shape index (κ1) is 24.6. The molecule has 1 aliphatic heterocycles. The SMILES string of the molecule is CCOc1cc(/C=C2\N=C(c3ccc(Cl)cc3Cl)OC2=O)cc(I)c1OCc1ccc(C)cc1. The smallest absolute Gasteiger partial charge is 0.363 e. The lowest BCUT2D eigenvalue weighted by Gasteiger charge is -2.15. The van der Waals surface area contributed by atoms with Crippen molar-refractivity contribution in [2.24, 2.45) is 4.99 Å². The molecule has 0 saturated carbocycles. The van der Waals surface area contributed by atoms with E-state index in [4.69, 9.17) is 37.4 Å². The van der Waals surface area contributed by atoms with Crippen molar-refractivity contribution in [3.05, 3.63) is 96.2 Å². The van der Waals surface area contributed by atoms with E-state index < -0.39 is 5.97 Å². The Hall–Kier alpha value is -2.55. The van der Waals surface area contributed by atoms with Crippen LogP contribution >= 0.6 is 45.8 Å². The van der Waals surface area contributed by atoms with Crippen LogP contribution in [-0.4, -0.2) is 18.5 Å².